The molecular weight excluding hydrogens is 454 g/mol. The topological polar surface area (TPSA) is 105 Å². The molecule has 1 N–H and O–H groups in total. The van der Waals surface area contributed by atoms with Crippen molar-refractivity contribution >= 4 is 33.3 Å². The van der Waals surface area contributed by atoms with E-state index in [0.717, 1.165) is 24.4 Å². The van der Waals surface area contributed by atoms with Gasteiger partial charge in [0.15, 0.2) is 0 Å². The Kier molecular flexibility index (Phi) is 6.16. The van der Waals surface area contributed by atoms with Crippen LogP contribution in [0.15, 0.2) is 75.9 Å². The Morgan fingerprint density at radius 2 is 2.03 bits per heavy atom. The number of amides is 1. The van der Waals surface area contributed by atoms with Gasteiger partial charge in [0.25, 0.3) is 5.91 Å². The molecule has 3 aromatic rings. The Balaban J connectivity index is 1.21. The van der Waals surface area contributed by atoms with Gasteiger partial charge in [-0.25, -0.2) is 13.4 Å². The molecule has 2 aliphatic heterocycles. The molecule has 0 saturated carbocycles. The van der Waals surface area contributed by atoms with Crippen LogP contribution in [0.4, 0.5) is 5.69 Å². The summed E-state index contributed by atoms with van der Waals surface area (Å²) in [6, 6.07) is 10.3. The third-order valence-corrected chi connectivity index (χ3v) is 7.73. The Morgan fingerprint density at radius 1 is 1.18 bits per heavy atom. The van der Waals surface area contributed by atoms with E-state index in [0.29, 0.717) is 31.7 Å². The molecule has 1 aromatic carbocycles. The van der Waals surface area contributed by atoms with Crippen LogP contribution < -0.4 is 10.2 Å². The van der Waals surface area contributed by atoms with Gasteiger partial charge in [0.1, 0.15) is 5.65 Å². The van der Waals surface area contributed by atoms with Crippen molar-refractivity contribution < 1.29 is 17.9 Å². The summed E-state index contributed by atoms with van der Waals surface area (Å²) >= 11 is 0. The predicted molar refractivity (Wildman–Crippen MR) is 129 cm³/mol. The van der Waals surface area contributed by atoms with E-state index in [9.17, 15) is 13.2 Å². The van der Waals surface area contributed by atoms with Crippen LogP contribution in [0, 0.1) is 0 Å². The van der Waals surface area contributed by atoms with E-state index in [2.05, 4.69) is 20.2 Å². The van der Waals surface area contributed by atoms with Gasteiger partial charge in [-0.1, -0.05) is 12.1 Å². The lowest BCUT2D eigenvalue weighted by Gasteiger charge is -2.29. The standard InChI is InChI=1S/C24H25N5O4S/c30-24(18-4-7-23-25-8-9-29(23)17-18)27-15-19-5-6-22(16-26-19)34(31,32)21-3-1-2-20(14-21)28-10-12-33-13-11-28/h1-4,6-9,14,16-17,19H,5,10-13,15H2,(H,27,30). The van der Waals surface area contributed by atoms with Gasteiger partial charge in [0.2, 0.25) is 9.84 Å². The molecule has 34 heavy (non-hydrogen) atoms. The molecule has 5 rings (SSSR count). The molecule has 1 fully saturated rings. The fourth-order valence-electron chi connectivity index (χ4n) is 4.03. The van der Waals surface area contributed by atoms with Crippen LogP contribution >= 0.6 is 0 Å². The molecule has 4 heterocycles. The van der Waals surface area contributed by atoms with Crippen molar-refractivity contribution in [1.29, 1.82) is 0 Å². The molecule has 9 nitrogen and oxygen atoms in total. The molecular formula is C24H25N5O4S. The monoisotopic (exact) mass is 479 g/mol. The number of fused-ring (bicyclic) bond motifs is 1. The van der Waals surface area contributed by atoms with E-state index in [-0.39, 0.29) is 21.7 Å². The smallest absolute Gasteiger partial charge is 0.252 e. The number of hydrogen-bond acceptors (Lipinski definition) is 7. The highest BCUT2D eigenvalue weighted by Crippen LogP contribution is 2.26. The normalized spacial score (nSPS) is 18.6. The number of morpholine rings is 1. The minimum atomic E-state index is -3.68. The highest BCUT2D eigenvalue weighted by molar-refractivity contribution is 7.96. The molecule has 0 spiro atoms. The molecule has 2 aromatic heterocycles. The number of anilines is 1. The first-order chi connectivity index (χ1) is 16.5. The fourth-order valence-corrected chi connectivity index (χ4v) is 5.35. The first-order valence-corrected chi connectivity index (χ1v) is 12.6. The van der Waals surface area contributed by atoms with Crippen LogP contribution in [-0.2, 0) is 14.6 Å². The van der Waals surface area contributed by atoms with E-state index >= 15 is 0 Å². The predicted octanol–water partition coefficient (Wildman–Crippen LogP) is 2.10. The number of nitrogens with zero attached hydrogens (tertiary/aromatic N) is 4. The Labute approximate surface area is 197 Å². The quantitative estimate of drug-likeness (QED) is 0.581. The van der Waals surface area contributed by atoms with Crippen molar-refractivity contribution in [3.05, 3.63) is 71.5 Å². The summed E-state index contributed by atoms with van der Waals surface area (Å²) in [5.41, 5.74) is 2.15. The third kappa shape index (κ3) is 4.59. The third-order valence-electron chi connectivity index (χ3n) is 5.97. The zero-order valence-electron chi connectivity index (χ0n) is 18.5. The lowest BCUT2D eigenvalue weighted by molar-refractivity contribution is 0.0951. The molecule has 0 bridgehead atoms. The summed E-state index contributed by atoms with van der Waals surface area (Å²) in [6.07, 6.45) is 8.67. The highest BCUT2D eigenvalue weighted by atomic mass is 32.2. The zero-order chi connectivity index (χ0) is 23.5. The van der Waals surface area contributed by atoms with E-state index in [1.165, 1.54) is 6.21 Å². The van der Waals surface area contributed by atoms with Gasteiger partial charge >= 0.3 is 0 Å². The molecule has 0 aliphatic carbocycles. The second-order valence-corrected chi connectivity index (χ2v) is 10.1. The number of aromatic nitrogens is 2. The minimum Gasteiger partial charge on any atom is -0.378 e. The summed E-state index contributed by atoms with van der Waals surface area (Å²) < 4.78 is 33.5. The first-order valence-electron chi connectivity index (χ1n) is 11.1. The van der Waals surface area contributed by atoms with Gasteiger partial charge in [0, 0.05) is 50.1 Å². The highest BCUT2D eigenvalue weighted by Gasteiger charge is 2.24. The number of ether oxygens (including phenoxy) is 1. The van der Waals surface area contributed by atoms with Gasteiger partial charge < -0.3 is 19.4 Å². The maximum atomic E-state index is 13.2. The lowest BCUT2D eigenvalue weighted by atomic mass is 10.1. The number of carbonyl (C=O) groups excluding carboxylic acids is 1. The maximum Gasteiger partial charge on any atom is 0.252 e. The van der Waals surface area contributed by atoms with Gasteiger partial charge in [-0.2, -0.15) is 0 Å². The number of nitrogens with one attached hydrogen (secondary N) is 1. The summed E-state index contributed by atoms with van der Waals surface area (Å²) in [4.78, 5) is 23.6. The number of carbonyl (C=O) groups is 1. The van der Waals surface area contributed by atoms with Crippen LogP contribution in [0.2, 0.25) is 0 Å². The molecule has 2 aliphatic rings. The van der Waals surface area contributed by atoms with Crippen molar-refractivity contribution in [2.75, 3.05) is 37.7 Å². The number of pyridine rings is 1. The number of rotatable bonds is 6. The Hall–Kier alpha value is -3.50. The van der Waals surface area contributed by atoms with Gasteiger partial charge in [0.05, 0.1) is 34.6 Å². The van der Waals surface area contributed by atoms with Crippen molar-refractivity contribution in [2.24, 2.45) is 4.99 Å². The lowest BCUT2D eigenvalue weighted by Crippen LogP contribution is -2.36. The summed E-state index contributed by atoms with van der Waals surface area (Å²) in [7, 11) is -3.68. The maximum absolute atomic E-state index is 13.2. The van der Waals surface area contributed by atoms with Crippen molar-refractivity contribution in [1.82, 2.24) is 14.7 Å². The summed E-state index contributed by atoms with van der Waals surface area (Å²) in [5, 5.41) is 2.87. The average Bonchev–Trinajstić information content (AvgIpc) is 3.36. The number of aliphatic imine (C=N–C) groups is 1. The van der Waals surface area contributed by atoms with Crippen molar-refractivity contribution in [3.8, 4) is 0 Å². The van der Waals surface area contributed by atoms with E-state index in [4.69, 9.17) is 4.74 Å². The number of imidazole rings is 1. The second kappa shape index (κ2) is 9.40. The van der Waals surface area contributed by atoms with Gasteiger partial charge in [-0.05, 0) is 36.8 Å². The summed E-state index contributed by atoms with van der Waals surface area (Å²) in [6.45, 7) is 3.04. The van der Waals surface area contributed by atoms with Crippen LogP contribution in [-0.4, -0.2) is 68.8 Å². The average molecular weight is 480 g/mol. The number of sulfone groups is 1. The van der Waals surface area contributed by atoms with E-state index in [1.54, 1.807) is 59.4 Å². The Bertz CT molecular complexity index is 1370. The molecule has 1 saturated heterocycles. The number of benzene rings is 1. The first kappa shape index (κ1) is 22.3. The van der Waals surface area contributed by atoms with E-state index in [1.807, 2.05) is 6.07 Å². The molecule has 0 radical (unpaired) electrons. The summed E-state index contributed by atoms with van der Waals surface area (Å²) in [5.74, 6) is -0.215. The molecule has 176 valence electrons. The van der Waals surface area contributed by atoms with Crippen LogP contribution in [0.1, 0.15) is 16.8 Å². The molecule has 1 amide bonds. The van der Waals surface area contributed by atoms with Crippen molar-refractivity contribution in [3.63, 3.8) is 0 Å². The number of allylic oxidation sites excluding steroid dienone is 1. The zero-order valence-corrected chi connectivity index (χ0v) is 19.3. The van der Waals surface area contributed by atoms with Crippen LogP contribution in [0.3, 0.4) is 0 Å². The van der Waals surface area contributed by atoms with E-state index < -0.39 is 9.84 Å². The van der Waals surface area contributed by atoms with Crippen LogP contribution in [0.25, 0.3) is 5.65 Å². The number of dihydropyridines is 1. The van der Waals surface area contributed by atoms with Gasteiger partial charge in [-0.3, -0.25) is 9.79 Å². The van der Waals surface area contributed by atoms with Gasteiger partial charge in [-0.15, -0.1) is 0 Å². The SMILES string of the molecule is O=C(NCC1CC=C(S(=O)(=O)c2cccc(N3CCOCC3)c2)C=N1)c1ccc2nccn2c1. The molecule has 10 heteroatoms. The fraction of sp³-hybridized carbons (Fsp3) is 0.292. The second-order valence-electron chi connectivity index (χ2n) is 8.19. The molecule has 1 unspecified atom stereocenters. The Morgan fingerprint density at radius 3 is 2.82 bits per heavy atom. The largest absolute Gasteiger partial charge is 0.378 e. The van der Waals surface area contributed by atoms with Crippen molar-refractivity contribution in [2.45, 2.75) is 17.4 Å². The number of hydrogen-bond donors (Lipinski definition) is 1. The minimum absolute atomic E-state index is 0.180. The molecule has 1 atom stereocenters. The van der Waals surface area contributed by atoms with Crippen LogP contribution in [0.5, 0.6) is 0 Å².